The molecule has 3 rings (SSSR count). The van der Waals surface area contributed by atoms with E-state index in [4.69, 9.17) is 20.5 Å². The third-order valence-corrected chi connectivity index (χ3v) is 5.00. The molecule has 1 atom stereocenters. The third-order valence-electron chi connectivity index (χ3n) is 4.51. The van der Waals surface area contributed by atoms with E-state index in [1.165, 1.54) is 12.1 Å². The van der Waals surface area contributed by atoms with E-state index >= 15 is 8.78 Å². The quantitative estimate of drug-likeness (QED) is 0.681. The molecule has 0 saturated carbocycles. The summed E-state index contributed by atoms with van der Waals surface area (Å²) < 4.78 is 41.4. The molecule has 0 aliphatic carbocycles. The molecule has 1 aliphatic rings. The first-order chi connectivity index (χ1) is 13.3. The Morgan fingerprint density at radius 2 is 2.04 bits per heavy atom. The van der Waals surface area contributed by atoms with E-state index in [0.717, 1.165) is 0 Å². The van der Waals surface area contributed by atoms with Gasteiger partial charge in [-0.05, 0) is 18.2 Å². The van der Waals surface area contributed by atoms with E-state index in [0.29, 0.717) is 10.0 Å². The van der Waals surface area contributed by atoms with Crippen LogP contribution in [-0.2, 0) is 15.1 Å². The number of nitrogens with zero attached hydrogens (tertiary/aromatic N) is 1. The Bertz CT molecular complexity index is 917. The summed E-state index contributed by atoms with van der Waals surface area (Å²) in [5, 5.41) is 8.56. The Hall–Kier alpha value is -2.50. The van der Waals surface area contributed by atoms with Gasteiger partial charge in [-0.3, -0.25) is 4.79 Å². The van der Waals surface area contributed by atoms with Crippen LogP contribution in [0.5, 0.6) is 5.75 Å². The van der Waals surface area contributed by atoms with Gasteiger partial charge in [-0.1, -0.05) is 46.3 Å². The minimum atomic E-state index is -3.44. The van der Waals surface area contributed by atoms with E-state index in [-0.39, 0.29) is 17.2 Å². The molecule has 0 aromatic heterocycles. The summed E-state index contributed by atoms with van der Waals surface area (Å²) in [5.41, 5.74) is 4.40. The molecule has 1 aliphatic heterocycles. The number of ether oxygens (including phenoxy) is 2. The molecule has 0 fully saturated rings. The van der Waals surface area contributed by atoms with Crippen molar-refractivity contribution in [3.63, 3.8) is 0 Å². The van der Waals surface area contributed by atoms with Crippen molar-refractivity contribution in [2.75, 3.05) is 13.2 Å². The fraction of sp³-hybridized carbons (Fsp3) is 0.250. The molecule has 1 amide bonds. The summed E-state index contributed by atoms with van der Waals surface area (Å²) in [6.07, 6.45) is -0.446. The summed E-state index contributed by atoms with van der Waals surface area (Å²) in [7, 11) is 0. The molecule has 1 heterocycles. The van der Waals surface area contributed by atoms with E-state index in [2.05, 4.69) is 15.9 Å². The molecule has 0 bridgehead atoms. The predicted molar refractivity (Wildman–Crippen MR) is 100 cm³/mol. The monoisotopic (exact) mass is 449 g/mol. The first-order valence-electron chi connectivity index (χ1n) is 8.33. The Kier molecular flexibility index (Phi) is 5.68. The molecule has 0 spiro atoms. The van der Waals surface area contributed by atoms with Gasteiger partial charge in [-0.2, -0.15) is 5.26 Å². The minimum absolute atomic E-state index is 0.118. The molecule has 2 aromatic rings. The molecule has 8 heteroatoms. The van der Waals surface area contributed by atoms with Gasteiger partial charge in [0.05, 0.1) is 12.0 Å². The van der Waals surface area contributed by atoms with E-state index in [1.54, 1.807) is 42.5 Å². The van der Waals surface area contributed by atoms with Crippen LogP contribution in [-0.4, -0.2) is 25.0 Å². The molecular formula is C20H16BrF2N2O3. The summed E-state index contributed by atoms with van der Waals surface area (Å²) in [4.78, 5) is 12.4. The van der Waals surface area contributed by atoms with Crippen LogP contribution < -0.4 is 10.5 Å². The Morgan fingerprint density at radius 1 is 1.32 bits per heavy atom. The first-order valence-corrected chi connectivity index (χ1v) is 9.12. The molecule has 145 valence electrons. The van der Waals surface area contributed by atoms with Gasteiger partial charge >= 0.3 is 0 Å². The zero-order chi connectivity index (χ0) is 20.4. The van der Waals surface area contributed by atoms with Gasteiger partial charge in [0.1, 0.15) is 19.0 Å². The highest BCUT2D eigenvalue weighted by atomic mass is 79.9. The van der Waals surface area contributed by atoms with E-state index < -0.39 is 37.1 Å². The van der Waals surface area contributed by atoms with Crippen molar-refractivity contribution in [1.29, 1.82) is 5.26 Å². The summed E-state index contributed by atoms with van der Waals surface area (Å²) in [5.74, 6) is -4.53. The van der Waals surface area contributed by atoms with Crippen molar-refractivity contribution >= 4 is 21.8 Å². The zero-order valence-corrected chi connectivity index (χ0v) is 16.2. The third kappa shape index (κ3) is 3.73. The van der Waals surface area contributed by atoms with Crippen LogP contribution in [0.15, 0.2) is 53.0 Å². The standard InChI is InChI=1S/C20H16BrF2N2O3/c21-14-6-7-17-15(10-14)16(20(22,23)12-27-9-8-24)11-19(28-17,18(25)26)13-4-2-1-3-5-13/h1-7,10H,9,11-12H2,(H2,25,26). The number of benzene rings is 2. The minimum Gasteiger partial charge on any atom is -0.472 e. The molecule has 2 N–H and O–H groups in total. The van der Waals surface area contributed by atoms with Crippen molar-refractivity contribution in [3.8, 4) is 11.8 Å². The van der Waals surface area contributed by atoms with Gasteiger partial charge in [0.25, 0.3) is 11.8 Å². The maximum absolute atomic E-state index is 15.1. The number of amides is 1. The molecule has 28 heavy (non-hydrogen) atoms. The predicted octanol–water partition coefficient (Wildman–Crippen LogP) is 3.71. The van der Waals surface area contributed by atoms with Crippen LogP contribution in [0, 0.1) is 17.2 Å². The van der Waals surface area contributed by atoms with Gasteiger partial charge in [-0.15, -0.1) is 0 Å². The van der Waals surface area contributed by atoms with Gasteiger partial charge in [0.2, 0.25) is 5.60 Å². The number of fused-ring (bicyclic) bond motifs is 1. The Morgan fingerprint density at radius 3 is 2.68 bits per heavy atom. The van der Waals surface area contributed by atoms with Crippen LogP contribution in [0.25, 0.3) is 0 Å². The maximum atomic E-state index is 15.1. The normalized spacial score (nSPS) is 19.4. The second-order valence-electron chi connectivity index (χ2n) is 6.31. The highest BCUT2D eigenvalue weighted by Gasteiger charge is 2.55. The average Bonchev–Trinajstić information content (AvgIpc) is 2.67. The number of alkyl halides is 2. The lowest BCUT2D eigenvalue weighted by atomic mass is 9.75. The number of primary amides is 1. The maximum Gasteiger partial charge on any atom is 0.281 e. The lowest BCUT2D eigenvalue weighted by Crippen LogP contribution is -2.52. The van der Waals surface area contributed by atoms with Crippen LogP contribution in [0.2, 0.25) is 0 Å². The van der Waals surface area contributed by atoms with E-state index in [1.807, 2.05) is 0 Å². The molecule has 0 saturated heterocycles. The number of carbonyl (C=O) groups is 1. The molecule has 2 aromatic carbocycles. The number of rotatable bonds is 6. The summed E-state index contributed by atoms with van der Waals surface area (Å²) in [6.45, 7) is -1.46. The van der Waals surface area contributed by atoms with Crippen LogP contribution in [0.4, 0.5) is 8.78 Å². The van der Waals surface area contributed by atoms with Gasteiger partial charge in [-0.25, -0.2) is 8.78 Å². The number of nitrogens with two attached hydrogens (primary N) is 1. The van der Waals surface area contributed by atoms with Crippen molar-refractivity contribution in [1.82, 2.24) is 0 Å². The smallest absolute Gasteiger partial charge is 0.281 e. The lowest BCUT2D eigenvalue weighted by molar-refractivity contribution is -0.138. The van der Waals surface area contributed by atoms with Crippen molar-refractivity contribution in [3.05, 3.63) is 70.0 Å². The Balaban J connectivity index is 2.12. The number of hydrogen-bond donors (Lipinski definition) is 1. The fourth-order valence-corrected chi connectivity index (χ4v) is 3.54. The van der Waals surface area contributed by atoms with Crippen LogP contribution in [0.1, 0.15) is 17.5 Å². The fourth-order valence-electron chi connectivity index (χ4n) is 3.18. The lowest BCUT2D eigenvalue weighted by Gasteiger charge is -2.42. The molecule has 1 unspecified atom stereocenters. The second kappa shape index (κ2) is 7.86. The highest BCUT2D eigenvalue weighted by molar-refractivity contribution is 9.10. The van der Waals surface area contributed by atoms with Crippen LogP contribution >= 0.6 is 15.9 Å². The highest BCUT2D eigenvalue weighted by Crippen LogP contribution is 2.51. The van der Waals surface area contributed by atoms with Gasteiger partial charge < -0.3 is 15.2 Å². The number of nitriles is 1. The first kappa shape index (κ1) is 20.2. The molecular weight excluding hydrogens is 434 g/mol. The molecule has 1 radical (unpaired) electrons. The van der Waals surface area contributed by atoms with Gasteiger partial charge in [0, 0.05) is 22.0 Å². The SMILES string of the molecule is N#CCOCC(F)(F)[C]1CC(C(N)=O)(c2ccccc2)Oc2ccc(Br)cc21. The van der Waals surface area contributed by atoms with Crippen molar-refractivity contribution in [2.24, 2.45) is 5.73 Å². The average molecular weight is 450 g/mol. The summed E-state index contributed by atoms with van der Waals surface area (Å²) >= 11 is 3.27. The Labute approximate surface area is 169 Å². The van der Waals surface area contributed by atoms with Gasteiger partial charge in [0.15, 0.2) is 0 Å². The van der Waals surface area contributed by atoms with E-state index in [9.17, 15) is 4.79 Å². The number of halogens is 3. The topological polar surface area (TPSA) is 85.3 Å². The molecule has 5 nitrogen and oxygen atoms in total. The largest absolute Gasteiger partial charge is 0.472 e. The number of carbonyl (C=O) groups excluding carboxylic acids is 1. The van der Waals surface area contributed by atoms with Crippen LogP contribution in [0.3, 0.4) is 0 Å². The zero-order valence-electron chi connectivity index (χ0n) is 14.6. The van der Waals surface area contributed by atoms with Crippen molar-refractivity contribution < 1.29 is 23.0 Å². The van der Waals surface area contributed by atoms with Crippen molar-refractivity contribution in [2.45, 2.75) is 17.9 Å². The summed E-state index contributed by atoms with van der Waals surface area (Å²) in [6, 6.07) is 14.6. The second-order valence-corrected chi connectivity index (χ2v) is 7.23. The number of hydrogen-bond acceptors (Lipinski definition) is 4.